The zero-order valence-electron chi connectivity index (χ0n) is 8.22. The van der Waals surface area contributed by atoms with Crippen LogP contribution in [0.2, 0.25) is 5.02 Å². The van der Waals surface area contributed by atoms with Crippen LogP contribution < -0.4 is 10.1 Å². The molecule has 1 aliphatic carbocycles. The van der Waals surface area contributed by atoms with Crippen LogP contribution in [-0.2, 0) is 6.54 Å². The lowest BCUT2D eigenvalue weighted by Crippen LogP contribution is -2.15. The second kappa shape index (κ2) is 4.20. The van der Waals surface area contributed by atoms with Crippen LogP contribution in [0.25, 0.3) is 0 Å². The number of benzene rings is 1. The fraction of sp³-hybridized carbons (Fsp3) is 0.455. The summed E-state index contributed by atoms with van der Waals surface area (Å²) in [7, 11) is 1.65. The van der Waals surface area contributed by atoms with E-state index >= 15 is 0 Å². The Labute approximate surface area is 89.2 Å². The highest BCUT2D eigenvalue weighted by molar-refractivity contribution is 6.32. The highest BCUT2D eigenvalue weighted by Gasteiger charge is 2.20. The highest BCUT2D eigenvalue weighted by Crippen LogP contribution is 2.29. The molecule has 0 atom stereocenters. The molecule has 2 rings (SSSR count). The molecule has 2 nitrogen and oxygen atoms in total. The second-order valence-electron chi connectivity index (χ2n) is 3.59. The maximum absolute atomic E-state index is 6.01. The Morgan fingerprint density at radius 3 is 2.93 bits per heavy atom. The van der Waals surface area contributed by atoms with Gasteiger partial charge in [0.25, 0.3) is 0 Å². The predicted octanol–water partition coefficient (Wildman–Crippen LogP) is 2.60. The number of hydrogen-bond donors (Lipinski definition) is 1. The molecule has 0 bridgehead atoms. The molecule has 0 heterocycles. The zero-order valence-corrected chi connectivity index (χ0v) is 8.97. The van der Waals surface area contributed by atoms with Crippen molar-refractivity contribution in [3.63, 3.8) is 0 Å². The molecule has 1 fully saturated rings. The Bertz CT molecular complexity index is 323. The molecule has 0 radical (unpaired) electrons. The summed E-state index contributed by atoms with van der Waals surface area (Å²) < 4.78 is 5.26. The van der Waals surface area contributed by atoms with Gasteiger partial charge in [0.15, 0.2) is 0 Å². The third-order valence-electron chi connectivity index (χ3n) is 2.41. The van der Waals surface area contributed by atoms with Crippen molar-refractivity contribution in [2.24, 2.45) is 0 Å². The van der Waals surface area contributed by atoms with Crippen molar-refractivity contribution in [1.82, 2.24) is 5.32 Å². The van der Waals surface area contributed by atoms with Crippen LogP contribution in [0.4, 0.5) is 0 Å². The van der Waals surface area contributed by atoms with E-state index in [9.17, 15) is 0 Å². The summed E-state index contributed by atoms with van der Waals surface area (Å²) in [5.41, 5.74) is 1.13. The first-order valence-electron chi connectivity index (χ1n) is 4.86. The third kappa shape index (κ3) is 2.20. The first kappa shape index (κ1) is 9.81. The average molecular weight is 212 g/mol. The third-order valence-corrected chi connectivity index (χ3v) is 2.71. The van der Waals surface area contributed by atoms with Gasteiger partial charge in [-0.3, -0.25) is 0 Å². The van der Waals surface area contributed by atoms with Gasteiger partial charge in [0.2, 0.25) is 0 Å². The van der Waals surface area contributed by atoms with Crippen molar-refractivity contribution in [3.8, 4) is 5.75 Å². The van der Waals surface area contributed by atoms with Crippen LogP contribution in [-0.4, -0.2) is 13.2 Å². The van der Waals surface area contributed by atoms with Crippen molar-refractivity contribution in [2.75, 3.05) is 7.11 Å². The molecule has 1 aliphatic rings. The van der Waals surface area contributed by atoms with Gasteiger partial charge in [-0.2, -0.15) is 0 Å². The first-order valence-corrected chi connectivity index (χ1v) is 5.24. The first-order chi connectivity index (χ1) is 6.81. The van der Waals surface area contributed by atoms with E-state index in [-0.39, 0.29) is 0 Å². The summed E-state index contributed by atoms with van der Waals surface area (Å²) in [6, 6.07) is 6.55. The Balaban J connectivity index is 2.09. The molecule has 0 amide bonds. The van der Waals surface area contributed by atoms with Crippen molar-refractivity contribution in [2.45, 2.75) is 25.4 Å². The number of halogens is 1. The fourth-order valence-corrected chi connectivity index (χ4v) is 1.73. The van der Waals surface area contributed by atoms with Gasteiger partial charge in [-0.15, -0.1) is 0 Å². The van der Waals surface area contributed by atoms with Crippen molar-refractivity contribution in [1.29, 1.82) is 0 Å². The van der Waals surface area contributed by atoms with Crippen LogP contribution in [0, 0.1) is 0 Å². The minimum atomic E-state index is 0.683. The number of rotatable bonds is 4. The molecule has 14 heavy (non-hydrogen) atoms. The van der Waals surface area contributed by atoms with Gasteiger partial charge in [0.05, 0.1) is 12.1 Å². The average Bonchev–Trinajstić information content (AvgIpc) is 2.98. The lowest BCUT2D eigenvalue weighted by atomic mass is 10.2. The molecule has 1 aromatic carbocycles. The van der Waals surface area contributed by atoms with Gasteiger partial charge >= 0.3 is 0 Å². The van der Waals surface area contributed by atoms with E-state index in [2.05, 4.69) is 5.32 Å². The van der Waals surface area contributed by atoms with E-state index in [1.165, 1.54) is 12.8 Å². The summed E-state index contributed by atoms with van der Waals surface area (Å²) in [4.78, 5) is 0. The summed E-state index contributed by atoms with van der Waals surface area (Å²) in [6.07, 6.45) is 2.59. The number of nitrogens with one attached hydrogen (secondary N) is 1. The number of hydrogen-bond acceptors (Lipinski definition) is 2. The normalized spacial score (nSPS) is 15.6. The quantitative estimate of drug-likeness (QED) is 0.827. The Morgan fingerprint density at radius 2 is 2.29 bits per heavy atom. The standard InChI is InChI=1S/C11H14ClNO/c1-14-11-8(3-2-4-10(11)12)7-13-9-5-6-9/h2-4,9,13H,5-7H2,1H3. The van der Waals surface area contributed by atoms with Crippen LogP contribution in [0.3, 0.4) is 0 Å². The minimum absolute atomic E-state index is 0.683. The Morgan fingerprint density at radius 1 is 1.50 bits per heavy atom. The summed E-state index contributed by atoms with van der Waals surface area (Å²) >= 11 is 6.01. The van der Waals surface area contributed by atoms with Crippen LogP contribution in [0.1, 0.15) is 18.4 Å². The van der Waals surface area contributed by atoms with Crippen LogP contribution in [0.5, 0.6) is 5.75 Å². The minimum Gasteiger partial charge on any atom is -0.495 e. The summed E-state index contributed by atoms with van der Waals surface area (Å²) in [5, 5.41) is 4.12. The van der Waals surface area contributed by atoms with Crippen molar-refractivity contribution < 1.29 is 4.74 Å². The number of methoxy groups -OCH3 is 1. The molecular formula is C11H14ClNO. The lowest BCUT2D eigenvalue weighted by molar-refractivity contribution is 0.408. The van der Waals surface area contributed by atoms with Crippen molar-refractivity contribution >= 4 is 11.6 Å². The van der Waals surface area contributed by atoms with Gasteiger partial charge in [0.1, 0.15) is 5.75 Å². The van der Waals surface area contributed by atoms with E-state index in [0.717, 1.165) is 17.9 Å². The monoisotopic (exact) mass is 211 g/mol. The molecule has 76 valence electrons. The van der Waals surface area contributed by atoms with Gasteiger partial charge in [-0.25, -0.2) is 0 Å². The Kier molecular flexibility index (Phi) is 2.94. The summed E-state index contributed by atoms with van der Waals surface area (Å²) in [5.74, 6) is 0.794. The molecule has 0 aromatic heterocycles. The fourth-order valence-electron chi connectivity index (χ4n) is 1.46. The van der Waals surface area contributed by atoms with Crippen LogP contribution in [0.15, 0.2) is 18.2 Å². The SMILES string of the molecule is COc1c(Cl)cccc1CNC1CC1. The van der Waals surface area contributed by atoms with E-state index < -0.39 is 0 Å². The number of ether oxygens (including phenoxy) is 1. The molecule has 0 unspecified atom stereocenters. The highest BCUT2D eigenvalue weighted by atomic mass is 35.5. The molecule has 1 N–H and O–H groups in total. The molecular weight excluding hydrogens is 198 g/mol. The maximum atomic E-state index is 6.01. The van der Waals surface area contributed by atoms with Crippen molar-refractivity contribution in [3.05, 3.63) is 28.8 Å². The second-order valence-corrected chi connectivity index (χ2v) is 3.99. The van der Waals surface area contributed by atoms with Gasteiger partial charge in [0, 0.05) is 18.2 Å². The van der Waals surface area contributed by atoms with E-state index in [4.69, 9.17) is 16.3 Å². The predicted molar refractivity (Wildman–Crippen MR) is 57.9 cm³/mol. The van der Waals surface area contributed by atoms with E-state index in [1.807, 2.05) is 18.2 Å². The molecule has 0 spiro atoms. The topological polar surface area (TPSA) is 21.3 Å². The van der Waals surface area contributed by atoms with E-state index in [0.29, 0.717) is 11.1 Å². The van der Waals surface area contributed by atoms with Gasteiger partial charge < -0.3 is 10.1 Å². The molecule has 0 saturated heterocycles. The maximum Gasteiger partial charge on any atom is 0.141 e. The van der Waals surface area contributed by atoms with Gasteiger partial charge in [-0.1, -0.05) is 23.7 Å². The lowest BCUT2D eigenvalue weighted by Gasteiger charge is -2.10. The molecule has 1 aromatic rings. The largest absolute Gasteiger partial charge is 0.495 e. The number of para-hydroxylation sites is 1. The van der Waals surface area contributed by atoms with Crippen LogP contribution >= 0.6 is 11.6 Å². The van der Waals surface area contributed by atoms with E-state index in [1.54, 1.807) is 7.11 Å². The zero-order chi connectivity index (χ0) is 9.97. The smallest absolute Gasteiger partial charge is 0.141 e. The Hall–Kier alpha value is -0.730. The van der Waals surface area contributed by atoms with Gasteiger partial charge in [-0.05, 0) is 18.9 Å². The molecule has 3 heteroatoms. The summed E-state index contributed by atoms with van der Waals surface area (Å²) in [6.45, 7) is 0.842. The molecule has 0 aliphatic heterocycles. The molecule has 1 saturated carbocycles.